The zero-order chi connectivity index (χ0) is 43.7. The fourth-order valence-corrected chi connectivity index (χ4v) is 14.1. The molecule has 6 saturated carbocycles. The van der Waals surface area contributed by atoms with Gasteiger partial charge >= 0.3 is 17.5 Å². The van der Waals surface area contributed by atoms with E-state index in [1.54, 1.807) is 48.5 Å². The minimum Gasteiger partial charge on any atom is -0.457 e. The highest BCUT2D eigenvalue weighted by atomic mass is 32.2. The first-order valence-corrected chi connectivity index (χ1v) is 24.5. The minimum absolute atomic E-state index is 0.0396. The number of ketones is 4. The molecule has 1 aromatic heterocycles. The SMILES string of the molecule is O=C1C(=Nc2nc3c(s2)C2=C(NC(N=C4C(=O)C5CC6CCCCC6CC5C4=O)S2)C(C(=O)OCc2ccccc2)(C(=O)OCc2ccccc2)O3)C(=O)C2CC3CCCCC3CC12. The lowest BCUT2D eigenvalue weighted by Gasteiger charge is -2.40. The van der Waals surface area contributed by atoms with Crippen LogP contribution in [0.25, 0.3) is 4.91 Å². The molecule has 11 rings (SSSR count). The molecule has 15 heteroatoms. The van der Waals surface area contributed by atoms with Crippen LogP contribution in [-0.2, 0) is 51.5 Å². The third kappa shape index (κ3) is 7.08. The number of esters is 2. The summed E-state index contributed by atoms with van der Waals surface area (Å²) in [4.78, 5) is 100. The molecule has 64 heavy (non-hydrogen) atoms. The van der Waals surface area contributed by atoms with E-state index in [1.165, 1.54) is 0 Å². The normalized spacial score (nSPS) is 31.1. The van der Waals surface area contributed by atoms with Gasteiger partial charge in [0.15, 0.2) is 34.3 Å². The number of thiazole rings is 1. The van der Waals surface area contributed by atoms with Gasteiger partial charge in [-0.2, -0.15) is 4.98 Å². The van der Waals surface area contributed by atoms with Gasteiger partial charge in [0.05, 0.1) is 10.6 Å². The fraction of sp³-hybridized carbons (Fsp3) is 0.490. The van der Waals surface area contributed by atoms with E-state index in [0.29, 0.717) is 70.3 Å². The number of hydrogen-bond acceptors (Lipinski definition) is 15. The molecule has 0 saturated heterocycles. The number of aliphatic imine (C=N–C) groups is 2. The minimum atomic E-state index is -2.61. The van der Waals surface area contributed by atoms with E-state index >= 15 is 0 Å². The smallest absolute Gasteiger partial charge is 0.369 e. The molecule has 9 atom stereocenters. The summed E-state index contributed by atoms with van der Waals surface area (Å²) in [6.45, 7) is -0.411. The highest BCUT2D eigenvalue weighted by Gasteiger charge is 2.63. The number of nitrogens with zero attached hydrogens (tertiary/aromatic N) is 3. The Morgan fingerprint density at radius 3 is 1.59 bits per heavy atom. The zero-order valence-electron chi connectivity index (χ0n) is 35.2. The molecular weight excluding hydrogens is 853 g/mol. The molecule has 0 radical (unpaired) electrons. The molecule has 0 spiro atoms. The van der Waals surface area contributed by atoms with Crippen molar-refractivity contribution in [2.75, 3.05) is 0 Å². The predicted molar refractivity (Wildman–Crippen MR) is 237 cm³/mol. The van der Waals surface area contributed by atoms with Crippen molar-refractivity contribution < 1.29 is 43.0 Å². The van der Waals surface area contributed by atoms with Crippen LogP contribution in [0.1, 0.15) is 93.1 Å². The number of Topliss-reactive ketones (excluding diaryl/α,β-unsaturated/α-hetero) is 4. The van der Waals surface area contributed by atoms with Gasteiger partial charge in [0.2, 0.25) is 11.0 Å². The van der Waals surface area contributed by atoms with Gasteiger partial charge in [0.1, 0.15) is 23.8 Å². The van der Waals surface area contributed by atoms with E-state index in [2.05, 4.69) is 15.3 Å². The van der Waals surface area contributed by atoms with Gasteiger partial charge in [-0.25, -0.2) is 19.6 Å². The maximum Gasteiger partial charge on any atom is 0.369 e. The molecule has 330 valence electrons. The number of hydrogen-bond donors (Lipinski definition) is 1. The van der Waals surface area contributed by atoms with Crippen LogP contribution >= 0.6 is 23.1 Å². The van der Waals surface area contributed by atoms with Crippen molar-refractivity contribution in [3.05, 3.63) is 82.4 Å². The molecule has 1 N–H and O–H groups in total. The van der Waals surface area contributed by atoms with Crippen molar-refractivity contribution in [3.8, 4) is 5.88 Å². The van der Waals surface area contributed by atoms with Crippen LogP contribution in [0, 0.1) is 47.3 Å². The molecular formula is C49H48N4O9S2. The second-order valence-corrected chi connectivity index (χ2v) is 20.8. The van der Waals surface area contributed by atoms with E-state index in [1.807, 2.05) is 12.1 Å². The molecule has 3 heterocycles. The average molecular weight is 901 g/mol. The Hall–Kier alpha value is -5.28. The molecule has 2 aromatic carbocycles. The van der Waals surface area contributed by atoms with Crippen LogP contribution < -0.4 is 10.1 Å². The summed E-state index contributed by atoms with van der Waals surface area (Å²) < 4.78 is 18.2. The number of aromatic nitrogens is 1. The van der Waals surface area contributed by atoms with Gasteiger partial charge in [-0.3, -0.25) is 19.2 Å². The second kappa shape index (κ2) is 16.6. The van der Waals surface area contributed by atoms with Crippen LogP contribution in [0.4, 0.5) is 5.13 Å². The first kappa shape index (κ1) is 41.4. The molecule has 0 amide bonds. The number of thioether (sulfide) groups is 1. The van der Waals surface area contributed by atoms with Crippen molar-refractivity contribution >= 4 is 79.6 Å². The maximum absolute atomic E-state index is 14.8. The van der Waals surface area contributed by atoms with Crippen LogP contribution in [0.5, 0.6) is 5.88 Å². The van der Waals surface area contributed by atoms with Gasteiger partial charge in [-0.1, -0.05) is 135 Å². The van der Waals surface area contributed by atoms with Crippen molar-refractivity contribution in [2.45, 2.75) is 101 Å². The van der Waals surface area contributed by atoms with Crippen molar-refractivity contribution in [1.82, 2.24) is 10.3 Å². The Bertz CT molecular complexity index is 2430. The summed E-state index contributed by atoms with van der Waals surface area (Å²) in [5, 5.41) is 3.24. The Balaban J connectivity index is 0.961. The van der Waals surface area contributed by atoms with Crippen molar-refractivity contribution in [2.24, 2.45) is 57.3 Å². The third-order valence-electron chi connectivity index (χ3n) is 15.2. The summed E-state index contributed by atoms with van der Waals surface area (Å²) in [6, 6.07) is 18.0. The quantitative estimate of drug-likeness (QED) is 0.174. The van der Waals surface area contributed by atoms with E-state index in [0.717, 1.165) is 74.5 Å². The number of benzene rings is 2. The average Bonchev–Trinajstić information content (AvgIpc) is 4.06. The molecule has 3 aromatic rings. The molecule has 2 aliphatic heterocycles. The molecule has 0 bridgehead atoms. The number of carbonyl (C=O) groups excluding carboxylic acids is 6. The Kier molecular flexibility index (Phi) is 10.8. The van der Waals surface area contributed by atoms with Crippen LogP contribution in [0.3, 0.4) is 0 Å². The predicted octanol–water partition coefficient (Wildman–Crippen LogP) is 7.53. The van der Waals surface area contributed by atoms with Crippen LogP contribution in [-0.4, -0.2) is 62.6 Å². The fourth-order valence-electron chi connectivity index (χ4n) is 12.0. The highest BCUT2D eigenvalue weighted by molar-refractivity contribution is 8.09. The van der Waals surface area contributed by atoms with Gasteiger partial charge in [-0.05, 0) is 60.5 Å². The third-order valence-corrected chi connectivity index (χ3v) is 17.4. The molecule has 6 fully saturated rings. The summed E-state index contributed by atoms with van der Waals surface area (Å²) in [5.41, 5.74) is -2.61. The van der Waals surface area contributed by atoms with Gasteiger partial charge in [0, 0.05) is 23.7 Å². The number of ether oxygens (including phenoxy) is 3. The van der Waals surface area contributed by atoms with Crippen LogP contribution in [0.2, 0.25) is 0 Å². The topological polar surface area (TPSA) is 180 Å². The van der Waals surface area contributed by atoms with Crippen molar-refractivity contribution in [3.63, 3.8) is 0 Å². The molecule has 13 nitrogen and oxygen atoms in total. The summed E-state index contributed by atoms with van der Waals surface area (Å²) in [7, 11) is 0. The lowest BCUT2D eigenvalue weighted by atomic mass is 9.64. The number of nitrogens with one attached hydrogen (secondary N) is 1. The second-order valence-electron chi connectivity index (χ2n) is 18.7. The van der Waals surface area contributed by atoms with Gasteiger partial charge in [-0.15, -0.1) is 0 Å². The molecule has 6 aliphatic carbocycles. The lowest BCUT2D eigenvalue weighted by Crippen LogP contribution is -2.59. The molecule has 8 aliphatic rings. The van der Waals surface area contributed by atoms with Gasteiger partial charge < -0.3 is 19.5 Å². The van der Waals surface area contributed by atoms with Gasteiger partial charge in [0.25, 0.3) is 0 Å². The summed E-state index contributed by atoms with van der Waals surface area (Å²) in [5.74, 6) is -3.32. The molecule has 9 unspecified atom stereocenters. The first-order chi connectivity index (χ1) is 31.2. The highest BCUT2D eigenvalue weighted by Crippen LogP contribution is 2.56. The number of fused-ring (bicyclic) bond motifs is 6. The van der Waals surface area contributed by atoms with E-state index < -0.39 is 46.7 Å². The summed E-state index contributed by atoms with van der Waals surface area (Å²) >= 11 is 2.14. The van der Waals surface area contributed by atoms with E-state index in [4.69, 9.17) is 19.2 Å². The van der Waals surface area contributed by atoms with E-state index in [-0.39, 0.29) is 64.5 Å². The van der Waals surface area contributed by atoms with Crippen LogP contribution in [0.15, 0.2) is 76.3 Å². The monoisotopic (exact) mass is 900 g/mol. The standard InChI is InChI=1S/C49H48N4O9S2/c54-37-31-19-27-15-7-8-16-28(27)20-32(31)38(55)35(37)50-47-52-43-41(63-47)42-44(53-48(64-42)51-36-39(56)33-21-29-17-9-10-18-30(29)22-34(33)40(36)57)62-49(43,45(58)60-23-25-11-3-1-4-12-25)46(59)61-24-26-13-5-2-6-14-26/h1-6,11-14,27-34,47,52H,7-10,15-24H2. The zero-order valence-corrected chi connectivity index (χ0v) is 36.8. The summed E-state index contributed by atoms with van der Waals surface area (Å²) in [6.07, 6.45) is 11.6. The lowest BCUT2D eigenvalue weighted by molar-refractivity contribution is -0.178. The Morgan fingerprint density at radius 2 is 1.12 bits per heavy atom. The maximum atomic E-state index is 14.8. The van der Waals surface area contributed by atoms with Crippen molar-refractivity contribution in [1.29, 1.82) is 0 Å². The number of rotatable bonds is 8. The Labute approximate surface area is 378 Å². The Morgan fingerprint density at radius 1 is 0.672 bits per heavy atom. The number of carbonyl (C=O) groups is 6. The largest absolute Gasteiger partial charge is 0.457 e. The first-order valence-electron chi connectivity index (χ1n) is 22.8. The van der Waals surface area contributed by atoms with E-state index in [9.17, 15) is 28.8 Å².